The molecule has 2 heterocycles. The third-order valence-corrected chi connectivity index (χ3v) is 4.72. The summed E-state index contributed by atoms with van der Waals surface area (Å²) in [5.74, 6) is -0.273. The first-order valence-electron chi connectivity index (χ1n) is 7.75. The maximum atomic E-state index is 12.4. The molecule has 0 bridgehead atoms. The van der Waals surface area contributed by atoms with E-state index in [1.54, 1.807) is 0 Å². The zero-order chi connectivity index (χ0) is 14.7. The van der Waals surface area contributed by atoms with Gasteiger partial charge in [0.05, 0.1) is 6.54 Å². The van der Waals surface area contributed by atoms with Gasteiger partial charge in [-0.3, -0.25) is 14.5 Å². The van der Waals surface area contributed by atoms with Crippen molar-refractivity contribution in [1.82, 2.24) is 9.80 Å². The lowest BCUT2D eigenvalue weighted by molar-refractivity contribution is -0.147. The largest absolute Gasteiger partial charge is 0.480 e. The molecule has 2 aliphatic rings. The molecule has 2 fully saturated rings. The summed E-state index contributed by atoms with van der Waals surface area (Å²) in [7, 11) is 0. The van der Waals surface area contributed by atoms with Crippen LogP contribution >= 0.6 is 0 Å². The highest BCUT2D eigenvalue weighted by atomic mass is 16.4. The number of carbonyl (C=O) groups is 2. The molecule has 5 nitrogen and oxygen atoms in total. The van der Waals surface area contributed by atoms with Gasteiger partial charge in [0.15, 0.2) is 0 Å². The van der Waals surface area contributed by atoms with E-state index in [1.165, 1.54) is 6.42 Å². The van der Waals surface area contributed by atoms with E-state index in [9.17, 15) is 14.7 Å². The van der Waals surface area contributed by atoms with Crippen LogP contribution in [0.2, 0.25) is 0 Å². The summed E-state index contributed by atoms with van der Waals surface area (Å²) >= 11 is 0. The van der Waals surface area contributed by atoms with E-state index in [4.69, 9.17) is 0 Å². The van der Waals surface area contributed by atoms with Crippen molar-refractivity contribution in [3.63, 3.8) is 0 Å². The molecule has 2 saturated heterocycles. The van der Waals surface area contributed by atoms with E-state index >= 15 is 0 Å². The number of hydrogen-bond acceptors (Lipinski definition) is 3. The Morgan fingerprint density at radius 3 is 2.55 bits per heavy atom. The van der Waals surface area contributed by atoms with Crippen molar-refractivity contribution in [3.8, 4) is 0 Å². The van der Waals surface area contributed by atoms with Crippen LogP contribution in [0, 0.1) is 5.92 Å². The lowest BCUT2D eigenvalue weighted by Crippen LogP contribution is -2.53. The monoisotopic (exact) mass is 282 g/mol. The SMILES string of the molecule is CC1CCN(CC(=O)N2CCCCC2C)C(C(=O)O)C1. The van der Waals surface area contributed by atoms with Gasteiger partial charge >= 0.3 is 5.97 Å². The summed E-state index contributed by atoms with van der Waals surface area (Å²) in [5, 5.41) is 9.34. The molecule has 3 atom stereocenters. The van der Waals surface area contributed by atoms with Gasteiger partial charge in [0.1, 0.15) is 6.04 Å². The van der Waals surface area contributed by atoms with Crippen molar-refractivity contribution in [3.05, 3.63) is 0 Å². The highest BCUT2D eigenvalue weighted by molar-refractivity contribution is 5.80. The van der Waals surface area contributed by atoms with Gasteiger partial charge in [-0.1, -0.05) is 6.92 Å². The van der Waals surface area contributed by atoms with Gasteiger partial charge < -0.3 is 10.0 Å². The minimum Gasteiger partial charge on any atom is -0.480 e. The number of piperidine rings is 2. The van der Waals surface area contributed by atoms with Gasteiger partial charge in [-0.2, -0.15) is 0 Å². The van der Waals surface area contributed by atoms with Gasteiger partial charge in [0, 0.05) is 12.6 Å². The average molecular weight is 282 g/mol. The zero-order valence-electron chi connectivity index (χ0n) is 12.5. The number of carboxylic acid groups (broad SMARTS) is 1. The summed E-state index contributed by atoms with van der Waals surface area (Å²) in [6, 6.07) is -0.203. The average Bonchev–Trinajstić information content (AvgIpc) is 2.41. The fraction of sp³-hybridized carbons (Fsp3) is 0.867. The van der Waals surface area contributed by atoms with E-state index in [2.05, 4.69) is 13.8 Å². The summed E-state index contributed by atoms with van der Waals surface area (Å²) in [5.41, 5.74) is 0. The second kappa shape index (κ2) is 6.57. The standard InChI is InChI=1S/C15H26N2O3/c1-11-6-8-16(13(9-11)15(19)20)10-14(18)17-7-4-3-5-12(17)2/h11-13H,3-10H2,1-2H3,(H,19,20). The molecule has 0 aromatic carbocycles. The number of carboxylic acids is 1. The van der Waals surface area contributed by atoms with Gasteiger partial charge in [0.2, 0.25) is 5.91 Å². The van der Waals surface area contributed by atoms with Crippen LogP contribution in [0.1, 0.15) is 46.0 Å². The molecular formula is C15H26N2O3. The molecule has 0 spiro atoms. The number of nitrogens with zero attached hydrogens (tertiary/aromatic N) is 2. The van der Waals surface area contributed by atoms with Gasteiger partial charge in [-0.15, -0.1) is 0 Å². The van der Waals surface area contributed by atoms with Gasteiger partial charge in [-0.05, 0) is 51.5 Å². The third-order valence-electron chi connectivity index (χ3n) is 4.72. The third kappa shape index (κ3) is 3.51. The van der Waals surface area contributed by atoms with Crippen molar-refractivity contribution in [2.24, 2.45) is 5.92 Å². The van der Waals surface area contributed by atoms with E-state index in [0.717, 1.165) is 25.8 Å². The number of amides is 1. The highest BCUT2D eigenvalue weighted by Gasteiger charge is 2.34. The van der Waals surface area contributed by atoms with Crippen molar-refractivity contribution in [1.29, 1.82) is 0 Å². The molecular weight excluding hydrogens is 256 g/mol. The molecule has 5 heteroatoms. The van der Waals surface area contributed by atoms with Crippen molar-refractivity contribution < 1.29 is 14.7 Å². The normalized spacial score (nSPS) is 32.1. The lowest BCUT2D eigenvalue weighted by atomic mass is 9.92. The van der Waals surface area contributed by atoms with E-state index in [1.807, 2.05) is 9.80 Å². The van der Waals surface area contributed by atoms with E-state index in [-0.39, 0.29) is 12.5 Å². The maximum absolute atomic E-state index is 12.4. The van der Waals surface area contributed by atoms with Crippen LogP contribution in [-0.2, 0) is 9.59 Å². The van der Waals surface area contributed by atoms with Crippen LogP contribution in [0.25, 0.3) is 0 Å². The van der Waals surface area contributed by atoms with Gasteiger partial charge in [-0.25, -0.2) is 0 Å². The number of hydrogen-bond donors (Lipinski definition) is 1. The number of rotatable bonds is 3. The van der Waals surface area contributed by atoms with Gasteiger partial charge in [0.25, 0.3) is 0 Å². The van der Waals surface area contributed by atoms with Crippen LogP contribution in [0.5, 0.6) is 0 Å². The Hall–Kier alpha value is -1.10. The Balaban J connectivity index is 1.96. The smallest absolute Gasteiger partial charge is 0.320 e. The Morgan fingerprint density at radius 1 is 1.15 bits per heavy atom. The number of carbonyl (C=O) groups excluding carboxylic acids is 1. The Labute approximate surface area is 120 Å². The van der Waals surface area contributed by atoms with Crippen molar-refractivity contribution >= 4 is 11.9 Å². The molecule has 0 aromatic rings. The second-order valence-electron chi connectivity index (χ2n) is 6.39. The summed E-state index contributed by atoms with van der Waals surface area (Å²) < 4.78 is 0. The quantitative estimate of drug-likeness (QED) is 0.853. The molecule has 1 N–H and O–H groups in total. The van der Waals surface area contributed by atoms with E-state index < -0.39 is 12.0 Å². The first-order valence-corrected chi connectivity index (χ1v) is 7.75. The first kappa shape index (κ1) is 15.3. The Morgan fingerprint density at radius 2 is 1.90 bits per heavy atom. The molecule has 3 unspecified atom stereocenters. The summed E-state index contributed by atoms with van der Waals surface area (Å²) in [6.07, 6.45) is 4.94. The molecule has 0 saturated carbocycles. The number of aliphatic carboxylic acids is 1. The highest BCUT2D eigenvalue weighted by Crippen LogP contribution is 2.23. The van der Waals surface area contributed by atoms with E-state index in [0.29, 0.717) is 24.9 Å². The summed E-state index contributed by atoms with van der Waals surface area (Å²) in [4.78, 5) is 27.6. The molecule has 0 radical (unpaired) electrons. The second-order valence-corrected chi connectivity index (χ2v) is 6.39. The summed E-state index contributed by atoms with van der Waals surface area (Å²) in [6.45, 7) is 5.97. The lowest BCUT2D eigenvalue weighted by Gasteiger charge is -2.39. The van der Waals surface area contributed by atoms with Crippen LogP contribution in [-0.4, -0.2) is 58.5 Å². The molecule has 0 aliphatic carbocycles. The predicted octanol–water partition coefficient (Wildman–Crippen LogP) is 1.57. The molecule has 114 valence electrons. The van der Waals surface area contributed by atoms with Crippen LogP contribution in [0.15, 0.2) is 0 Å². The zero-order valence-corrected chi connectivity index (χ0v) is 12.5. The fourth-order valence-corrected chi connectivity index (χ4v) is 3.37. The first-order chi connectivity index (χ1) is 9.49. The van der Waals surface area contributed by atoms with Crippen LogP contribution in [0.4, 0.5) is 0 Å². The Kier molecular flexibility index (Phi) is 5.02. The molecule has 20 heavy (non-hydrogen) atoms. The number of likely N-dealkylation sites (tertiary alicyclic amines) is 2. The fourth-order valence-electron chi connectivity index (χ4n) is 3.37. The van der Waals surface area contributed by atoms with Crippen LogP contribution < -0.4 is 0 Å². The van der Waals surface area contributed by atoms with Crippen molar-refractivity contribution in [2.75, 3.05) is 19.6 Å². The molecule has 0 aromatic heterocycles. The van der Waals surface area contributed by atoms with Crippen LogP contribution in [0.3, 0.4) is 0 Å². The maximum Gasteiger partial charge on any atom is 0.320 e. The topological polar surface area (TPSA) is 60.9 Å². The minimum absolute atomic E-state index is 0.0954. The van der Waals surface area contributed by atoms with Crippen molar-refractivity contribution in [2.45, 2.75) is 58.0 Å². The molecule has 2 rings (SSSR count). The molecule has 1 amide bonds. The molecule has 2 aliphatic heterocycles. The Bertz CT molecular complexity index is 372. The predicted molar refractivity (Wildman–Crippen MR) is 76.4 cm³/mol. The minimum atomic E-state index is -0.795.